The van der Waals surface area contributed by atoms with Crippen LogP contribution in [0.4, 0.5) is 0 Å². The molecule has 2 atom stereocenters. The summed E-state index contributed by atoms with van der Waals surface area (Å²) in [5.74, 6) is 0.117. The van der Waals surface area contributed by atoms with Gasteiger partial charge >= 0.3 is 0 Å². The van der Waals surface area contributed by atoms with Gasteiger partial charge in [-0.05, 0) is 30.7 Å². The van der Waals surface area contributed by atoms with Crippen LogP contribution in [0.1, 0.15) is 44.1 Å². The second-order valence-corrected chi connectivity index (χ2v) is 7.83. The van der Waals surface area contributed by atoms with E-state index in [9.17, 15) is 8.42 Å². The van der Waals surface area contributed by atoms with E-state index in [4.69, 9.17) is 5.11 Å². The van der Waals surface area contributed by atoms with Crippen LogP contribution in [0, 0.1) is 0 Å². The number of aliphatic hydroxyl groups is 1. The minimum Gasteiger partial charge on any atom is -0.396 e. The zero-order valence-electron chi connectivity index (χ0n) is 12.6. The number of sulfonamides is 1. The van der Waals surface area contributed by atoms with Gasteiger partial charge in [-0.15, -0.1) is 0 Å². The van der Waals surface area contributed by atoms with Crippen molar-refractivity contribution in [1.29, 1.82) is 0 Å². The summed E-state index contributed by atoms with van der Waals surface area (Å²) < 4.78 is 27.0. The quantitative estimate of drug-likeness (QED) is 0.877. The summed E-state index contributed by atoms with van der Waals surface area (Å²) in [4.78, 5) is 0. The van der Waals surface area contributed by atoms with Crippen molar-refractivity contribution < 1.29 is 13.5 Å². The Balaban J connectivity index is 2.09. The molecule has 1 saturated heterocycles. The van der Waals surface area contributed by atoms with Crippen molar-refractivity contribution in [3.8, 4) is 0 Å². The SMILES string of the molecule is CC(CS(=O)(=O)N1CCCCC1CCO)c1ccccc1. The third-order valence-electron chi connectivity index (χ3n) is 4.22. The highest BCUT2D eigenvalue weighted by Crippen LogP contribution is 2.26. The lowest BCUT2D eigenvalue weighted by Gasteiger charge is -2.35. The first-order chi connectivity index (χ1) is 10.0. The Morgan fingerprint density at radius 2 is 2.00 bits per heavy atom. The highest BCUT2D eigenvalue weighted by molar-refractivity contribution is 7.89. The van der Waals surface area contributed by atoms with Gasteiger partial charge in [-0.1, -0.05) is 43.7 Å². The second kappa shape index (κ2) is 7.38. The molecule has 0 amide bonds. The van der Waals surface area contributed by atoms with Crippen LogP contribution in [0.2, 0.25) is 0 Å². The lowest BCUT2D eigenvalue weighted by atomic mass is 10.0. The molecule has 1 aliphatic heterocycles. The highest BCUT2D eigenvalue weighted by Gasteiger charge is 2.32. The van der Waals surface area contributed by atoms with Crippen LogP contribution in [0.5, 0.6) is 0 Å². The normalized spacial score (nSPS) is 22.1. The molecular weight excluding hydrogens is 286 g/mol. The topological polar surface area (TPSA) is 57.6 Å². The van der Waals surface area contributed by atoms with E-state index in [2.05, 4.69) is 0 Å². The largest absolute Gasteiger partial charge is 0.396 e. The van der Waals surface area contributed by atoms with Gasteiger partial charge in [-0.3, -0.25) is 0 Å². The molecule has 5 heteroatoms. The number of rotatable bonds is 6. The molecule has 2 rings (SSSR count). The van der Waals surface area contributed by atoms with Crippen molar-refractivity contribution in [3.05, 3.63) is 35.9 Å². The summed E-state index contributed by atoms with van der Waals surface area (Å²) >= 11 is 0. The minimum absolute atomic E-state index is 0.0205. The van der Waals surface area contributed by atoms with E-state index >= 15 is 0 Å². The van der Waals surface area contributed by atoms with Crippen molar-refractivity contribution in [1.82, 2.24) is 4.31 Å². The zero-order valence-corrected chi connectivity index (χ0v) is 13.4. The fourth-order valence-electron chi connectivity index (χ4n) is 3.07. The standard InChI is InChI=1S/C16H25NO3S/c1-14(15-7-3-2-4-8-15)13-21(19,20)17-11-6-5-9-16(17)10-12-18/h2-4,7-8,14,16,18H,5-6,9-13H2,1H3. The Kier molecular flexibility index (Phi) is 5.79. The molecule has 1 heterocycles. The minimum atomic E-state index is -3.28. The third kappa shape index (κ3) is 4.28. The predicted molar refractivity (Wildman–Crippen MR) is 84.7 cm³/mol. The first-order valence-corrected chi connectivity index (χ1v) is 9.31. The van der Waals surface area contributed by atoms with E-state index in [-0.39, 0.29) is 24.3 Å². The molecule has 1 fully saturated rings. The average Bonchev–Trinajstić information content (AvgIpc) is 2.48. The van der Waals surface area contributed by atoms with E-state index in [0.717, 1.165) is 24.8 Å². The number of nitrogens with zero attached hydrogens (tertiary/aromatic N) is 1. The van der Waals surface area contributed by atoms with Gasteiger partial charge < -0.3 is 5.11 Å². The first kappa shape index (κ1) is 16.5. The number of hydrogen-bond acceptors (Lipinski definition) is 3. The maximum Gasteiger partial charge on any atom is 0.214 e. The smallest absolute Gasteiger partial charge is 0.214 e. The monoisotopic (exact) mass is 311 g/mol. The second-order valence-electron chi connectivity index (χ2n) is 5.86. The van der Waals surface area contributed by atoms with Crippen molar-refractivity contribution in [2.45, 2.75) is 44.6 Å². The van der Waals surface area contributed by atoms with Gasteiger partial charge in [0.2, 0.25) is 10.0 Å². The van der Waals surface area contributed by atoms with Gasteiger partial charge in [0.1, 0.15) is 0 Å². The lowest BCUT2D eigenvalue weighted by Crippen LogP contribution is -2.45. The summed E-state index contributed by atoms with van der Waals surface area (Å²) in [7, 11) is -3.28. The van der Waals surface area contributed by atoms with Gasteiger partial charge in [0, 0.05) is 19.2 Å². The Hall–Kier alpha value is -0.910. The van der Waals surface area contributed by atoms with Crippen LogP contribution < -0.4 is 0 Å². The van der Waals surface area contributed by atoms with Crippen molar-refractivity contribution >= 4 is 10.0 Å². The van der Waals surface area contributed by atoms with Gasteiger partial charge in [-0.25, -0.2) is 8.42 Å². The average molecular weight is 311 g/mol. The van der Waals surface area contributed by atoms with Crippen LogP contribution >= 0.6 is 0 Å². The number of hydrogen-bond donors (Lipinski definition) is 1. The summed E-state index contributed by atoms with van der Waals surface area (Å²) in [6, 6.07) is 9.73. The molecule has 2 unspecified atom stereocenters. The molecule has 118 valence electrons. The van der Waals surface area contributed by atoms with Gasteiger partial charge in [0.15, 0.2) is 0 Å². The molecule has 0 aromatic heterocycles. The summed E-state index contributed by atoms with van der Waals surface area (Å²) in [6.07, 6.45) is 3.37. The molecule has 0 saturated carbocycles. The molecule has 1 aliphatic rings. The molecule has 0 aliphatic carbocycles. The van der Waals surface area contributed by atoms with Gasteiger partial charge in [-0.2, -0.15) is 4.31 Å². The van der Waals surface area contributed by atoms with Crippen molar-refractivity contribution in [3.63, 3.8) is 0 Å². The molecule has 21 heavy (non-hydrogen) atoms. The number of benzene rings is 1. The van der Waals surface area contributed by atoms with Crippen LogP contribution in [0.25, 0.3) is 0 Å². The Bertz CT molecular complexity index is 528. The fraction of sp³-hybridized carbons (Fsp3) is 0.625. The Labute approximate surface area is 127 Å². The van der Waals surface area contributed by atoms with E-state index in [1.54, 1.807) is 4.31 Å². The third-order valence-corrected chi connectivity index (χ3v) is 6.34. The van der Waals surface area contributed by atoms with E-state index in [0.29, 0.717) is 13.0 Å². The van der Waals surface area contributed by atoms with Crippen LogP contribution in [-0.2, 0) is 10.0 Å². The van der Waals surface area contributed by atoms with Crippen molar-refractivity contribution in [2.24, 2.45) is 0 Å². The number of aliphatic hydroxyl groups excluding tert-OH is 1. The Morgan fingerprint density at radius 1 is 1.29 bits per heavy atom. The van der Waals surface area contributed by atoms with E-state index in [1.165, 1.54) is 0 Å². The summed E-state index contributed by atoms with van der Waals surface area (Å²) in [5.41, 5.74) is 1.05. The highest BCUT2D eigenvalue weighted by atomic mass is 32.2. The molecule has 4 nitrogen and oxygen atoms in total. The van der Waals surface area contributed by atoms with Crippen LogP contribution in [0.3, 0.4) is 0 Å². The Morgan fingerprint density at radius 3 is 2.67 bits per heavy atom. The predicted octanol–water partition coefficient (Wildman–Crippen LogP) is 2.36. The summed E-state index contributed by atoms with van der Waals surface area (Å²) in [6.45, 7) is 2.59. The summed E-state index contributed by atoms with van der Waals surface area (Å²) in [5, 5.41) is 9.14. The van der Waals surface area contributed by atoms with Crippen LogP contribution in [0.15, 0.2) is 30.3 Å². The maximum absolute atomic E-state index is 12.7. The molecule has 0 radical (unpaired) electrons. The van der Waals surface area contributed by atoms with Crippen molar-refractivity contribution in [2.75, 3.05) is 18.9 Å². The molecular formula is C16H25NO3S. The first-order valence-electron chi connectivity index (χ1n) is 7.70. The van der Waals surface area contributed by atoms with Gasteiger partial charge in [0.25, 0.3) is 0 Å². The van der Waals surface area contributed by atoms with E-state index in [1.807, 2.05) is 37.3 Å². The molecule has 1 aromatic rings. The molecule has 1 aromatic carbocycles. The van der Waals surface area contributed by atoms with Crippen LogP contribution in [-0.4, -0.2) is 42.8 Å². The zero-order chi connectivity index (χ0) is 15.3. The molecule has 0 bridgehead atoms. The number of piperidine rings is 1. The fourth-order valence-corrected chi connectivity index (χ4v) is 5.16. The lowest BCUT2D eigenvalue weighted by molar-refractivity contribution is 0.192. The maximum atomic E-state index is 12.7. The van der Waals surface area contributed by atoms with Gasteiger partial charge in [0.05, 0.1) is 5.75 Å². The molecule has 0 spiro atoms. The van der Waals surface area contributed by atoms with E-state index < -0.39 is 10.0 Å². The molecule has 1 N–H and O–H groups in total.